The van der Waals surface area contributed by atoms with Crippen molar-refractivity contribution in [1.82, 2.24) is 5.16 Å². The molecule has 1 aromatic rings. The number of nitrogens with two attached hydrogens (primary N) is 1. The number of aryl methyl sites for hydroxylation is 1. The van der Waals surface area contributed by atoms with Crippen LogP contribution >= 0.6 is 11.8 Å². The van der Waals surface area contributed by atoms with Gasteiger partial charge in [-0.3, -0.25) is 4.79 Å². The Morgan fingerprint density at radius 1 is 1.65 bits per heavy atom. The zero-order chi connectivity index (χ0) is 12.9. The molecule has 0 unspecified atom stereocenters. The van der Waals surface area contributed by atoms with Crippen LogP contribution in [0.25, 0.3) is 0 Å². The third kappa shape index (κ3) is 6.33. The third-order valence-electron chi connectivity index (χ3n) is 1.84. The summed E-state index contributed by atoms with van der Waals surface area (Å²) in [6.07, 6.45) is 0.451. The number of amides is 1. The van der Waals surface area contributed by atoms with Gasteiger partial charge in [-0.05, 0) is 20.8 Å². The van der Waals surface area contributed by atoms with Crippen LogP contribution in [-0.4, -0.2) is 28.1 Å². The number of hydrogen-bond acceptors (Lipinski definition) is 5. The van der Waals surface area contributed by atoms with Crippen LogP contribution in [0.3, 0.4) is 0 Å². The molecule has 0 saturated heterocycles. The minimum Gasteiger partial charge on any atom is -0.360 e. The average molecular weight is 257 g/mol. The van der Waals surface area contributed by atoms with Gasteiger partial charge in [0.2, 0.25) is 5.91 Å². The third-order valence-corrected chi connectivity index (χ3v) is 3.28. The average Bonchev–Trinajstić information content (AvgIpc) is 2.57. The molecule has 0 saturated carbocycles. The number of nitrogens with zero attached hydrogens (tertiary/aromatic N) is 1. The second-order valence-electron chi connectivity index (χ2n) is 4.66. The van der Waals surface area contributed by atoms with E-state index in [1.54, 1.807) is 24.8 Å². The Morgan fingerprint density at radius 2 is 2.35 bits per heavy atom. The molecule has 0 atom stereocenters. The highest BCUT2D eigenvalue weighted by Crippen LogP contribution is 2.12. The van der Waals surface area contributed by atoms with Crippen molar-refractivity contribution in [3.8, 4) is 0 Å². The lowest BCUT2D eigenvalue weighted by Crippen LogP contribution is -2.34. The van der Waals surface area contributed by atoms with Crippen LogP contribution in [-0.2, 0) is 4.79 Å². The topological polar surface area (TPSA) is 81.2 Å². The predicted octanol–water partition coefficient (Wildman–Crippen LogP) is 1.78. The first-order valence-electron chi connectivity index (χ1n) is 5.46. The van der Waals surface area contributed by atoms with E-state index in [0.29, 0.717) is 18.0 Å². The zero-order valence-corrected chi connectivity index (χ0v) is 11.3. The van der Waals surface area contributed by atoms with Crippen LogP contribution in [0, 0.1) is 6.92 Å². The summed E-state index contributed by atoms with van der Waals surface area (Å²) in [4.78, 5) is 11.5. The van der Waals surface area contributed by atoms with Gasteiger partial charge in [0.05, 0.1) is 0 Å². The molecule has 1 amide bonds. The highest BCUT2D eigenvalue weighted by molar-refractivity contribution is 7.99. The Morgan fingerprint density at radius 3 is 2.88 bits per heavy atom. The first kappa shape index (κ1) is 14.1. The normalized spacial score (nSPS) is 11.5. The molecule has 1 rings (SSSR count). The maximum atomic E-state index is 11.5. The minimum absolute atomic E-state index is 0.0550. The molecule has 6 heteroatoms. The van der Waals surface area contributed by atoms with Gasteiger partial charge in [0.25, 0.3) is 0 Å². The van der Waals surface area contributed by atoms with Crippen LogP contribution in [0.15, 0.2) is 10.6 Å². The highest BCUT2D eigenvalue weighted by atomic mass is 32.2. The van der Waals surface area contributed by atoms with Crippen molar-refractivity contribution in [2.45, 2.75) is 32.7 Å². The molecule has 0 spiro atoms. The molecule has 3 N–H and O–H groups in total. The lowest BCUT2D eigenvalue weighted by Gasteiger charge is -2.17. The predicted molar refractivity (Wildman–Crippen MR) is 70.1 cm³/mol. The maximum Gasteiger partial charge on any atom is 0.226 e. The minimum atomic E-state index is -0.190. The molecule has 1 heterocycles. The summed E-state index contributed by atoms with van der Waals surface area (Å²) in [5.74, 6) is 2.68. The molecule has 0 fully saturated rings. The number of rotatable bonds is 6. The van der Waals surface area contributed by atoms with Gasteiger partial charge >= 0.3 is 0 Å². The van der Waals surface area contributed by atoms with E-state index < -0.39 is 0 Å². The Bertz CT molecular complexity index is 371. The number of hydrogen-bond donors (Lipinski definition) is 2. The van der Waals surface area contributed by atoms with Crippen LogP contribution in [0.4, 0.5) is 5.82 Å². The standard InChI is InChI=1S/C11H19N3O2S/c1-8-6-9(14-16-8)13-10(15)4-5-17-7-11(2,3)12/h6H,4-5,7,12H2,1-3H3,(H,13,14,15). The maximum absolute atomic E-state index is 11.5. The Kier molecular flexibility index (Phi) is 5.02. The summed E-state index contributed by atoms with van der Waals surface area (Å²) in [7, 11) is 0. The summed E-state index contributed by atoms with van der Waals surface area (Å²) >= 11 is 1.67. The molecule has 0 aromatic carbocycles. The molecule has 0 bridgehead atoms. The second kappa shape index (κ2) is 6.07. The number of aromatic nitrogens is 1. The van der Waals surface area contributed by atoms with Crippen molar-refractivity contribution in [3.63, 3.8) is 0 Å². The smallest absolute Gasteiger partial charge is 0.226 e. The van der Waals surface area contributed by atoms with Gasteiger partial charge in [-0.1, -0.05) is 5.16 Å². The Labute approximate surface area is 105 Å². The highest BCUT2D eigenvalue weighted by Gasteiger charge is 2.11. The number of carbonyl (C=O) groups excluding carboxylic acids is 1. The summed E-state index contributed by atoms with van der Waals surface area (Å²) in [5.41, 5.74) is 5.64. The largest absolute Gasteiger partial charge is 0.360 e. The van der Waals surface area contributed by atoms with Gasteiger partial charge in [0.1, 0.15) is 5.76 Å². The molecule has 0 aliphatic heterocycles. The SMILES string of the molecule is Cc1cc(NC(=O)CCSCC(C)(C)N)no1. The fourth-order valence-corrected chi connectivity index (χ4v) is 2.13. The van der Waals surface area contributed by atoms with E-state index in [0.717, 1.165) is 11.5 Å². The van der Waals surface area contributed by atoms with Crippen LogP contribution in [0.5, 0.6) is 0 Å². The summed E-state index contributed by atoms with van der Waals surface area (Å²) in [6, 6.07) is 1.69. The number of anilines is 1. The molecule has 0 radical (unpaired) electrons. The van der Waals surface area contributed by atoms with E-state index in [9.17, 15) is 4.79 Å². The molecule has 5 nitrogen and oxygen atoms in total. The van der Waals surface area contributed by atoms with Crippen molar-refractivity contribution in [2.75, 3.05) is 16.8 Å². The van der Waals surface area contributed by atoms with Gasteiger partial charge in [0, 0.05) is 29.5 Å². The lowest BCUT2D eigenvalue weighted by molar-refractivity contribution is -0.115. The van der Waals surface area contributed by atoms with E-state index >= 15 is 0 Å². The van der Waals surface area contributed by atoms with Crippen molar-refractivity contribution in [3.05, 3.63) is 11.8 Å². The second-order valence-corrected chi connectivity index (χ2v) is 5.77. The lowest BCUT2D eigenvalue weighted by atomic mass is 10.1. The quantitative estimate of drug-likeness (QED) is 0.759. The fourth-order valence-electron chi connectivity index (χ4n) is 1.13. The van der Waals surface area contributed by atoms with Crippen LogP contribution in [0.2, 0.25) is 0 Å². The van der Waals surface area contributed by atoms with Crippen LogP contribution in [0.1, 0.15) is 26.0 Å². The monoisotopic (exact) mass is 257 g/mol. The number of thioether (sulfide) groups is 1. The molecular formula is C11H19N3O2S. The molecule has 17 heavy (non-hydrogen) atoms. The molecule has 0 aliphatic rings. The summed E-state index contributed by atoms with van der Waals surface area (Å²) in [6.45, 7) is 5.72. The zero-order valence-electron chi connectivity index (χ0n) is 10.4. The molecule has 0 aliphatic carbocycles. The molecule has 96 valence electrons. The van der Waals surface area contributed by atoms with Gasteiger partial charge in [-0.2, -0.15) is 11.8 Å². The van der Waals surface area contributed by atoms with E-state index in [4.69, 9.17) is 10.3 Å². The van der Waals surface area contributed by atoms with Gasteiger partial charge in [-0.15, -0.1) is 0 Å². The van der Waals surface area contributed by atoms with E-state index in [-0.39, 0.29) is 11.4 Å². The Hall–Kier alpha value is -1.01. The van der Waals surface area contributed by atoms with Gasteiger partial charge < -0.3 is 15.6 Å². The van der Waals surface area contributed by atoms with Gasteiger partial charge in [-0.25, -0.2) is 0 Å². The van der Waals surface area contributed by atoms with E-state index in [2.05, 4.69) is 10.5 Å². The van der Waals surface area contributed by atoms with E-state index in [1.807, 2.05) is 13.8 Å². The summed E-state index contributed by atoms with van der Waals surface area (Å²) in [5, 5.41) is 6.36. The van der Waals surface area contributed by atoms with Crippen molar-refractivity contribution < 1.29 is 9.32 Å². The first-order chi connectivity index (χ1) is 7.87. The Balaban J connectivity index is 2.18. The number of carbonyl (C=O) groups is 1. The van der Waals surface area contributed by atoms with Crippen molar-refractivity contribution in [1.29, 1.82) is 0 Å². The first-order valence-corrected chi connectivity index (χ1v) is 6.62. The fraction of sp³-hybridized carbons (Fsp3) is 0.636. The van der Waals surface area contributed by atoms with Gasteiger partial charge in [0.15, 0.2) is 5.82 Å². The van der Waals surface area contributed by atoms with Crippen molar-refractivity contribution >= 4 is 23.5 Å². The van der Waals surface area contributed by atoms with E-state index in [1.165, 1.54) is 0 Å². The molecule has 1 aromatic heterocycles. The number of nitrogens with one attached hydrogen (secondary N) is 1. The molecular weight excluding hydrogens is 238 g/mol. The summed E-state index contributed by atoms with van der Waals surface area (Å²) < 4.78 is 4.85. The van der Waals surface area contributed by atoms with Crippen molar-refractivity contribution in [2.24, 2.45) is 5.73 Å². The van der Waals surface area contributed by atoms with Crippen LogP contribution < -0.4 is 11.1 Å².